The number of carbonyl (C=O) groups is 1. The van der Waals surface area contributed by atoms with Gasteiger partial charge in [0.1, 0.15) is 0 Å². The summed E-state index contributed by atoms with van der Waals surface area (Å²) in [6.07, 6.45) is 2.46. The first-order valence-corrected chi connectivity index (χ1v) is 6.67. The van der Waals surface area contributed by atoms with Crippen LogP contribution in [-0.4, -0.2) is 29.1 Å². The summed E-state index contributed by atoms with van der Waals surface area (Å²) in [5.74, 6) is -0.364. The molecule has 18 heavy (non-hydrogen) atoms. The second kappa shape index (κ2) is 6.01. The molecule has 1 fully saturated rings. The van der Waals surface area contributed by atoms with Crippen LogP contribution in [0.3, 0.4) is 0 Å². The van der Waals surface area contributed by atoms with E-state index in [0.717, 1.165) is 25.9 Å². The van der Waals surface area contributed by atoms with E-state index in [4.69, 9.17) is 5.11 Å². The third-order valence-corrected chi connectivity index (χ3v) is 3.84. The van der Waals surface area contributed by atoms with Crippen molar-refractivity contribution in [3.8, 4) is 0 Å². The van der Waals surface area contributed by atoms with E-state index < -0.39 is 5.97 Å². The Labute approximate surface area is 108 Å². The fraction of sp³-hybridized carbons (Fsp3) is 0.533. The number of carboxylic acid groups (broad SMARTS) is 1. The van der Waals surface area contributed by atoms with Crippen molar-refractivity contribution >= 4 is 5.97 Å². The molecule has 1 heterocycles. The quantitative estimate of drug-likeness (QED) is 0.889. The minimum absolute atomic E-state index is 0.304. The zero-order chi connectivity index (χ0) is 13.0. The summed E-state index contributed by atoms with van der Waals surface area (Å²) in [6.45, 7) is 4.19. The maximum absolute atomic E-state index is 10.8. The van der Waals surface area contributed by atoms with Gasteiger partial charge in [-0.1, -0.05) is 30.3 Å². The van der Waals surface area contributed by atoms with Gasteiger partial charge in [0.25, 0.3) is 0 Å². The van der Waals surface area contributed by atoms with Crippen LogP contribution in [0.2, 0.25) is 0 Å². The van der Waals surface area contributed by atoms with Gasteiger partial charge < -0.3 is 5.11 Å². The minimum atomic E-state index is -0.672. The minimum Gasteiger partial charge on any atom is -0.481 e. The van der Waals surface area contributed by atoms with Gasteiger partial charge >= 0.3 is 5.97 Å². The number of nitrogens with zero attached hydrogens (tertiary/aromatic N) is 1. The smallest absolute Gasteiger partial charge is 0.303 e. The van der Waals surface area contributed by atoms with Crippen molar-refractivity contribution in [2.24, 2.45) is 5.92 Å². The Kier molecular flexibility index (Phi) is 4.37. The molecule has 2 rings (SSSR count). The Bertz CT molecular complexity index is 391. The standard InChI is InChI=1S/C15H21NO2/c1-12(14-7-3-2-4-8-14)16-9-5-6-13(11-16)10-15(17)18/h2-4,7-8,12-13H,5-6,9-11H2,1H3,(H,17,18). The number of hydrogen-bond donors (Lipinski definition) is 1. The molecule has 98 valence electrons. The highest BCUT2D eigenvalue weighted by molar-refractivity contribution is 5.67. The van der Waals surface area contributed by atoms with Crippen LogP contribution in [0.25, 0.3) is 0 Å². The predicted octanol–water partition coefficient (Wildman–Crippen LogP) is 2.93. The van der Waals surface area contributed by atoms with Crippen LogP contribution in [0.5, 0.6) is 0 Å². The fourth-order valence-corrected chi connectivity index (χ4v) is 2.80. The van der Waals surface area contributed by atoms with Crippen molar-refractivity contribution in [2.75, 3.05) is 13.1 Å². The van der Waals surface area contributed by atoms with Crippen molar-refractivity contribution < 1.29 is 9.90 Å². The molecule has 1 aliphatic heterocycles. The van der Waals surface area contributed by atoms with Gasteiger partial charge in [0.05, 0.1) is 0 Å². The molecule has 2 atom stereocenters. The van der Waals surface area contributed by atoms with E-state index in [1.54, 1.807) is 0 Å². The van der Waals surface area contributed by atoms with Crippen molar-refractivity contribution in [3.63, 3.8) is 0 Å². The van der Waals surface area contributed by atoms with E-state index >= 15 is 0 Å². The third kappa shape index (κ3) is 3.33. The predicted molar refractivity (Wildman–Crippen MR) is 71.4 cm³/mol. The van der Waals surface area contributed by atoms with E-state index in [-0.39, 0.29) is 0 Å². The SMILES string of the molecule is CC(c1ccccc1)N1CCCC(CC(=O)O)C1. The molecule has 1 aromatic rings. The monoisotopic (exact) mass is 247 g/mol. The number of carboxylic acids is 1. The zero-order valence-corrected chi connectivity index (χ0v) is 10.9. The molecule has 0 bridgehead atoms. The summed E-state index contributed by atoms with van der Waals surface area (Å²) in [5.41, 5.74) is 1.31. The molecular weight excluding hydrogens is 226 g/mol. The highest BCUT2D eigenvalue weighted by Crippen LogP contribution is 2.27. The van der Waals surface area contributed by atoms with E-state index in [1.165, 1.54) is 5.56 Å². The molecule has 3 nitrogen and oxygen atoms in total. The van der Waals surface area contributed by atoms with Gasteiger partial charge in [0.2, 0.25) is 0 Å². The van der Waals surface area contributed by atoms with Crippen LogP contribution < -0.4 is 0 Å². The second-order valence-corrected chi connectivity index (χ2v) is 5.19. The first-order chi connectivity index (χ1) is 8.66. The van der Waals surface area contributed by atoms with Crippen LogP contribution in [0, 0.1) is 5.92 Å². The summed E-state index contributed by atoms with van der Waals surface area (Å²) in [5, 5.41) is 8.89. The molecule has 2 unspecified atom stereocenters. The Morgan fingerprint density at radius 3 is 2.83 bits per heavy atom. The Morgan fingerprint density at radius 1 is 1.44 bits per heavy atom. The first-order valence-electron chi connectivity index (χ1n) is 6.67. The largest absolute Gasteiger partial charge is 0.481 e. The molecule has 1 aromatic carbocycles. The van der Waals surface area contributed by atoms with Crippen molar-refractivity contribution in [2.45, 2.75) is 32.2 Å². The number of rotatable bonds is 4. The molecule has 0 saturated carbocycles. The molecule has 0 aromatic heterocycles. The molecule has 3 heteroatoms. The lowest BCUT2D eigenvalue weighted by Crippen LogP contribution is -2.37. The van der Waals surface area contributed by atoms with Crippen LogP contribution in [0.1, 0.15) is 37.8 Å². The first kappa shape index (κ1) is 13.1. The maximum Gasteiger partial charge on any atom is 0.303 e. The average Bonchev–Trinajstić information content (AvgIpc) is 2.38. The van der Waals surface area contributed by atoms with Crippen molar-refractivity contribution in [3.05, 3.63) is 35.9 Å². The van der Waals surface area contributed by atoms with Crippen LogP contribution >= 0.6 is 0 Å². The number of hydrogen-bond acceptors (Lipinski definition) is 2. The number of aliphatic carboxylic acids is 1. The number of piperidine rings is 1. The van der Waals surface area contributed by atoms with Crippen LogP contribution in [-0.2, 0) is 4.79 Å². The normalized spacial score (nSPS) is 22.6. The average molecular weight is 247 g/mol. The topological polar surface area (TPSA) is 40.5 Å². The van der Waals surface area contributed by atoms with E-state index in [1.807, 2.05) is 6.07 Å². The van der Waals surface area contributed by atoms with Crippen molar-refractivity contribution in [1.82, 2.24) is 4.90 Å². The summed E-state index contributed by atoms with van der Waals surface area (Å²) in [6, 6.07) is 10.8. The maximum atomic E-state index is 10.8. The summed E-state index contributed by atoms with van der Waals surface area (Å²) in [4.78, 5) is 13.2. The summed E-state index contributed by atoms with van der Waals surface area (Å²) < 4.78 is 0. The van der Waals surface area contributed by atoms with Gasteiger partial charge in [-0.15, -0.1) is 0 Å². The highest BCUT2D eigenvalue weighted by atomic mass is 16.4. The van der Waals surface area contributed by atoms with Crippen LogP contribution in [0.4, 0.5) is 0 Å². The van der Waals surface area contributed by atoms with E-state index in [9.17, 15) is 4.79 Å². The molecule has 0 radical (unpaired) electrons. The van der Waals surface area contributed by atoms with Crippen molar-refractivity contribution in [1.29, 1.82) is 0 Å². The Hall–Kier alpha value is -1.35. The zero-order valence-electron chi connectivity index (χ0n) is 10.9. The van der Waals surface area contributed by atoms with Gasteiger partial charge in [-0.25, -0.2) is 0 Å². The Morgan fingerprint density at radius 2 is 2.17 bits per heavy atom. The van der Waals surface area contributed by atoms with E-state index in [0.29, 0.717) is 18.4 Å². The van der Waals surface area contributed by atoms with Gasteiger partial charge in [-0.05, 0) is 37.8 Å². The molecule has 1 N–H and O–H groups in total. The lowest BCUT2D eigenvalue weighted by Gasteiger charge is -2.36. The molecular formula is C15H21NO2. The second-order valence-electron chi connectivity index (χ2n) is 5.19. The third-order valence-electron chi connectivity index (χ3n) is 3.84. The Balaban J connectivity index is 1.98. The lowest BCUT2D eigenvalue weighted by atomic mass is 9.93. The van der Waals surface area contributed by atoms with Gasteiger partial charge in [0.15, 0.2) is 0 Å². The lowest BCUT2D eigenvalue weighted by molar-refractivity contribution is -0.138. The highest BCUT2D eigenvalue weighted by Gasteiger charge is 2.25. The van der Waals surface area contributed by atoms with Gasteiger partial charge in [-0.2, -0.15) is 0 Å². The molecule has 0 spiro atoms. The summed E-state index contributed by atoms with van der Waals surface area (Å²) >= 11 is 0. The molecule has 1 saturated heterocycles. The summed E-state index contributed by atoms with van der Waals surface area (Å²) in [7, 11) is 0. The fourth-order valence-electron chi connectivity index (χ4n) is 2.80. The molecule has 0 amide bonds. The van der Waals surface area contributed by atoms with E-state index in [2.05, 4.69) is 36.1 Å². The molecule has 0 aliphatic carbocycles. The number of likely N-dealkylation sites (tertiary alicyclic amines) is 1. The van der Waals surface area contributed by atoms with Crippen LogP contribution in [0.15, 0.2) is 30.3 Å². The molecule has 1 aliphatic rings. The van der Waals surface area contributed by atoms with Gasteiger partial charge in [-0.3, -0.25) is 9.69 Å². The van der Waals surface area contributed by atoms with Gasteiger partial charge in [0, 0.05) is 19.0 Å². The number of benzene rings is 1.